The molecule has 106 valence electrons. The average molecular weight is 345 g/mol. The van der Waals surface area contributed by atoms with E-state index < -0.39 is 11.9 Å². The van der Waals surface area contributed by atoms with Crippen molar-refractivity contribution in [1.82, 2.24) is 0 Å². The lowest BCUT2D eigenvalue weighted by Crippen LogP contribution is -2.09. The molecule has 1 aliphatic rings. The van der Waals surface area contributed by atoms with E-state index in [-0.39, 0.29) is 5.78 Å². The fourth-order valence-electron chi connectivity index (χ4n) is 2.88. The molecule has 1 aliphatic carbocycles. The van der Waals surface area contributed by atoms with Gasteiger partial charge >= 0.3 is 5.97 Å². The summed E-state index contributed by atoms with van der Waals surface area (Å²) in [7, 11) is 0. The number of hydrogen-bond donors (Lipinski definition) is 1. The second kappa shape index (κ2) is 5.45. The van der Waals surface area contributed by atoms with E-state index in [0.29, 0.717) is 24.0 Å². The number of hydrogen-bond acceptors (Lipinski definition) is 2. The zero-order chi connectivity index (χ0) is 15.0. The number of rotatable bonds is 3. The number of carbonyl (C=O) groups is 2. The van der Waals surface area contributed by atoms with Crippen LogP contribution in [-0.2, 0) is 11.2 Å². The van der Waals surface area contributed by atoms with E-state index in [1.54, 1.807) is 24.3 Å². The Hall–Kier alpha value is -1.94. The molecule has 0 saturated carbocycles. The van der Waals surface area contributed by atoms with Crippen LogP contribution in [0.5, 0.6) is 0 Å². The summed E-state index contributed by atoms with van der Waals surface area (Å²) < 4.78 is 0.920. The zero-order valence-corrected chi connectivity index (χ0v) is 12.8. The van der Waals surface area contributed by atoms with Crippen molar-refractivity contribution in [3.05, 3.63) is 69.2 Å². The molecule has 0 amide bonds. The Morgan fingerprint density at radius 3 is 2.48 bits per heavy atom. The fraction of sp³-hybridized carbons (Fsp3) is 0.176. The molecule has 21 heavy (non-hydrogen) atoms. The molecular weight excluding hydrogens is 332 g/mol. The molecule has 0 aromatic heterocycles. The van der Waals surface area contributed by atoms with Crippen LogP contribution in [0.1, 0.15) is 39.4 Å². The van der Waals surface area contributed by atoms with Gasteiger partial charge in [0.05, 0.1) is 5.92 Å². The largest absolute Gasteiger partial charge is 0.481 e. The van der Waals surface area contributed by atoms with Gasteiger partial charge in [-0.25, -0.2) is 0 Å². The summed E-state index contributed by atoms with van der Waals surface area (Å²) >= 11 is 3.35. The lowest BCUT2D eigenvalue weighted by atomic mass is 9.94. The zero-order valence-electron chi connectivity index (χ0n) is 11.2. The lowest BCUT2D eigenvalue weighted by molar-refractivity contribution is -0.138. The first-order chi connectivity index (χ1) is 10.1. The van der Waals surface area contributed by atoms with Crippen molar-refractivity contribution in [2.75, 3.05) is 0 Å². The third-order valence-corrected chi connectivity index (χ3v) is 4.45. The molecule has 3 rings (SSSR count). The van der Waals surface area contributed by atoms with Gasteiger partial charge in [-0.15, -0.1) is 0 Å². The minimum atomic E-state index is -0.818. The second-order valence-electron chi connectivity index (χ2n) is 5.14. The molecule has 0 fully saturated rings. The van der Waals surface area contributed by atoms with E-state index in [1.165, 1.54) is 0 Å². The highest BCUT2D eigenvalue weighted by molar-refractivity contribution is 9.10. The van der Waals surface area contributed by atoms with Crippen molar-refractivity contribution in [3.63, 3.8) is 0 Å². The molecule has 0 heterocycles. The number of carboxylic acids is 1. The summed E-state index contributed by atoms with van der Waals surface area (Å²) in [6.45, 7) is 0. The minimum Gasteiger partial charge on any atom is -0.481 e. The molecule has 1 N–H and O–H groups in total. The third kappa shape index (κ3) is 2.51. The topological polar surface area (TPSA) is 54.4 Å². The smallest absolute Gasteiger partial charge is 0.310 e. The van der Waals surface area contributed by atoms with Crippen LogP contribution in [0.15, 0.2) is 46.9 Å². The van der Waals surface area contributed by atoms with Gasteiger partial charge in [-0.2, -0.15) is 0 Å². The van der Waals surface area contributed by atoms with Gasteiger partial charge in [0, 0.05) is 15.6 Å². The minimum absolute atomic E-state index is 0.0506. The molecule has 0 spiro atoms. The molecule has 0 saturated heterocycles. The number of carbonyl (C=O) groups excluding carboxylic acids is 1. The normalized spacial score (nSPS) is 16.5. The quantitative estimate of drug-likeness (QED) is 0.861. The van der Waals surface area contributed by atoms with E-state index in [2.05, 4.69) is 15.9 Å². The Morgan fingerprint density at radius 1 is 1.10 bits per heavy atom. The summed E-state index contributed by atoms with van der Waals surface area (Å²) in [5.41, 5.74) is 2.91. The van der Waals surface area contributed by atoms with Gasteiger partial charge in [0.25, 0.3) is 0 Å². The van der Waals surface area contributed by atoms with E-state index in [9.17, 15) is 14.7 Å². The highest BCUT2D eigenvalue weighted by Gasteiger charge is 2.31. The van der Waals surface area contributed by atoms with Crippen LogP contribution >= 0.6 is 15.9 Å². The molecule has 0 aliphatic heterocycles. The SMILES string of the molecule is O=C(c1ccc(Br)cc1)c1cccc2c1CCC2C(=O)O. The van der Waals surface area contributed by atoms with Crippen molar-refractivity contribution >= 4 is 27.7 Å². The highest BCUT2D eigenvalue weighted by Crippen LogP contribution is 2.36. The molecule has 0 radical (unpaired) electrons. The molecule has 0 bridgehead atoms. The first-order valence-corrected chi connectivity index (χ1v) is 7.52. The fourth-order valence-corrected chi connectivity index (χ4v) is 3.14. The maximum Gasteiger partial charge on any atom is 0.310 e. The second-order valence-corrected chi connectivity index (χ2v) is 6.05. The number of carboxylic acid groups (broad SMARTS) is 1. The van der Waals surface area contributed by atoms with E-state index >= 15 is 0 Å². The summed E-state index contributed by atoms with van der Waals surface area (Å²) in [5, 5.41) is 9.25. The van der Waals surface area contributed by atoms with Crippen molar-refractivity contribution < 1.29 is 14.7 Å². The van der Waals surface area contributed by atoms with E-state index in [0.717, 1.165) is 15.6 Å². The molecule has 2 aromatic rings. The summed E-state index contributed by atoms with van der Waals surface area (Å²) in [6.07, 6.45) is 1.21. The Morgan fingerprint density at radius 2 is 1.81 bits per heavy atom. The predicted octanol–water partition coefficient (Wildman–Crippen LogP) is 3.79. The Bertz CT molecular complexity index is 719. The maximum absolute atomic E-state index is 12.6. The van der Waals surface area contributed by atoms with Crippen LogP contribution in [0.3, 0.4) is 0 Å². The monoisotopic (exact) mass is 344 g/mol. The molecule has 4 heteroatoms. The first kappa shape index (κ1) is 14.0. The Balaban J connectivity index is 2.03. The number of benzene rings is 2. The third-order valence-electron chi connectivity index (χ3n) is 3.92. The molecule has 1 unspecified atom stereocenters. The van der Waals surface area contributed by atoms with Crippen molar-refractivity contribution in [3.8, 4) is 0 Å². The van der Waals surface area contributed by atoms with Crippen molar-refractivity contribution in [2.45, 2.75) is 18.8 Å². The molecule has 2 aromatic carbocycles. The van der Waals surface area contributed by atoms with Gasteiger partial charge in [-0.3, -0.25) is 9.59 Å². The Kier molecular flexibility index (Phi) is 3.64. The average Bonchev–Trinajstić information content (AvgIpc) is 2.91. The van der Waals surface area contributed by atoms with Gasteiger partial charge in [-0.1, -0.05) is 34.1 Å². The van der Waals surface area contributed by atoms with Crippen molar-refractivity contribution in [1.29, 1.82) is 0 Å². The van der Waals surface area contributed by atoms with E-state index in [1.807, 2.05) is 18.2 Å². The van der Waals surface area contributed by atoms with Crippen LogP contribution < -0.4 is 0 Å². The Labute approximate surface area is 130 Å². The van der Waals surface area contributed by atoms with Gasteiger partial charge < -0.3 is 5.11 Å². The van der Waals surface area contributed by atoms with Gasteiger partial charge in [-0.05, 0) is 48.2 Å². The van der Waals surface area contributed by atoms with Gasteiger partial charge in [0.2, 0.25) is 0 Å². The first-order valence-electron chi connectivity index (χ1n) is 6.73. The number of ketones is 1. The van der Waals surface area contributed by atoms with Crippen LogP contribution in [0.25, 0.3) is 0 Å². The van der Waals surface area contributed by atoms with Crippen LogP contribution in [0.4, 0.5) is 0 Å². The number of aliphatic carboxylic acids is 1. The van der Waals surface area contributed by atoms with Crippen LogP contribution in [-0.4, -0.2) is 16.9 Å². The summed E-state index contributed by atoms with van der Waals surface area (Å²) in [5.74, 6) is -1.36. The van der Waals surface area contributed by atoms with Gasteiger partial charge in [0.15, 0.2) is 5.78 Å². The maximum atomic E-state index is 12.6. The van der Waals surface area contributed by atoms with Crippen LogP contribution in [0.2, 0.25) is 0 Å². The highest BCUT2D eigenvalue weighted by atomic mass is 79.9. The summed E-state index contributed by atoms with van der Waals surface area (Å²) in [6, 6.07) is 12.6. The summed E-state index contributed by atoms with van der Waals surface area (Å²) in [4.78, 5) is 23.9. The van der Waals surface area contributed by atoms with Crippen molar-refractivity contribution in [2.24, 2.45) is 0 Å². The van der Waals surface area contributed by atoms with E-state index in [4.69, 9.17) is 0 Å². The molecule has 1 atom stereocenters. The number of halogens is 1. The standard InChI is InChI=1S/C17H13BrO3/c18-11-6-4-10(5-7-11)16(19)14-3-1-2-12-13(14)8-9-15(12)17(20)21/h1-7,15H,8-9H2,(H,20,21). The number of fused-ring (bicyclic) bond motifs is 1. The molecule has 3 nitrogen and oxygen atoms in total. The lowest BCUT2D eigenvalue weighted by Gasteiger charge is -2.09. The van der Waals surface area contributed by atoms with Crippen LogP contribution in [0, 0.1) is 0 Å². The predicted molar refractivity (Wildman–Crippen MR) is 82.7 cm³/mol. The van der Waals surface area contributed by atoms with Gasteiger partial charge in [0.1, 0.15) is 0 Å². The molecular formula is C17H13BrO3.